The number of hydrogen-bond donors (Lipinski definition) is 2. The van der Waals surface area contributed by atoms with Crippen LogP contribution in [-0.4, -0.2) is 11.9 Å². The summed E-state index contributed by atoms with van der Waals surface area (Å²) in [5, 5.41) is 2.81. The Labute approximate surface area is 101 Å². The first-order valence-electron chi connectivity index (χ1n) is 5.73. The van der Waals surface area contributed by atoms with Crippen molar-refractivity contribution < 1.29 is 9.18 Å². The van der Waals surface area contributed by atoms with Gasteiger partial charge in [-0.3, -0.25) is 4.79 Å². The number of amides is 1. The highest BCUT2D eigenvalue weighted by Gasteiger charge is 2.19. The van der Waals surface area contributed by atoms with Gasteiger partial charge in [-0.15, -0.1) is 0 Å². The second-order valence-corrected chi connectivity index (χ2v) is 4.55. The van der Waals surface area contributed by atoms with E-state index in [1.807, 2.05) is 20.8 Å². The van der Waals surface area contributed by atoms with Crippen molar-refractivity contribution in [1.82, 2.24) is 5.32 Å². The zero-order chi connectivity index (χ0) is 13.0. The standard InChI is InChI=1S/C13H19FN2O/c1-8(2)12(15)13(17)16-9(3)10-4-6-11(14)7-5-10/h4-9,12H,15H2,1-3H3,(H,16,17)/t9-,12+/m1/s1. The summed E-state index contributed by atoms with van der Waals surface area (Å²) in [4.78, 5) is 11.7. The van der Waals surface area contributed by atoms with Crippen molar-refractivity contribution in [2.45, 2.75) is 32.9 Å². The fourth-order valence-corrected chi connectivity index (χ4v) is 1.45. The molecule has 0 aromatic heterocycles. The molecular formula is C13H19FN2O. The lowest BCUT2D eigenvalue weighted by Gasteiger charge is -2.19. The van der Waals surface area contributed by atoms with Crippen LogP contribution in [0.15, 0.2) is 24.3 Å². The van der Waals surface area contributed by atoms with Gasteiger partial charge in [0.15, 0.2) is 0 Å². The van der Waals surface area contributed by atoms with Gasteiger partial charge < -0.3 is 11.1 Å². The number of hydrogen-bond acceptors (Lipinski definition) is 2. The minimum Gasteiger partial charge on any atom is -0.348 e. The van der Waals surface area contributed by atoms with Crippen LogP contribution in [0.25, 0.3) is 0 Å². The third-order valence-electron chi connectivity index (χ3n) is 2.75. The molecule has 1 aromatic rings. The molecule has 2 atom stereocenters. The minimum atomic E-state index is -0.516. The molecule has 1 aromatic carbocycles. The quantitative estimate of drug-likeness (QED) is 0.842. The molecule has 4 heteroatoms. The van der Waals surface area contributed by atoms with Gasteiger partial charge in [-0.1, -0.05) is 26.0 Å². The van der Waals surface area contributed by atoms with E-state index in [1.54, 1.807) is 12.1 Å². The maximum absolute atomic E-state index is 12.7. The zero-order valence-corrected chi connectivity index (χ0v) is 10.4. The molecule has 1 rings (SSSR count). The number of benzene rings is 1. The van der Waals surface area contributed by atoms with Crippen LogP contribution in [0.1, 0.15) is 32.4 Å². The van der Waals surface area contributed by atoms with Crippen molar-refractivity contribution in [3.63, 3.8) is 0 Å². The lowest BCUT2D eigenvalue weighted by atomic mass is 10.0. The van der Waals surface area contributed by atoms with E-state index in [-0.39, 0.29) is 23.7 Å². The average molecular weight is 238 g/mol. The molecule has 0 radical (unpaired) electrons. The highest BCUT2D eigenvalue weighted by atomic mass is 19.1. The third kappa shape index (κ3) is 3.82. The summed E-state index contributed by atoms with van der Waals surface area (Å²) >= 11 is 0. The second-order valence-electron chi connectivity index (χ2n) is 4.55. The summed E-state index contributed by atoms with van der Waals surface area (Å²) < 4.78 is 12.7. The molecule has 94 valence electrons. The van der Waals surface area contributed by atoms with Crippen LogP contribution < -0.4 is 11.1 Å². The highest BCUT2D eigenvalue weighted by molar-refractivity contribution is 5.82. The number of nitrogens with one attached hydrogen (secondary N) is 1. The van der Waals surface area contributed by atoms with E-state index in [9.17, 15) is 9.18 Å². The average Bonchev–Trinajstić information content (AvgIpc) is 2.28. The molecule has 0 bridgehead atoms. The number of nitrogens with two attached hydrogens (primary N) is 1. The van der Waals surface area contributed by atoms with Crippen molar-refractivity contribution in [3.05, 3.63) is 35.6 Å². The Kier molecular flexibility index (Phi) is 4.63. The van der Waals surface area contributed by atoms with Crippen LogP contribution in [0.3, 0.4) is 0 Å². The van der Waals surface area contributed by atoms with Crippen molar-refractivity contribution in [3.8, 4) is 0 Å². The maximum atomic E-state index is 12.7. The van der Waals surface area contributed by atoms with E-state index < -0.39 is 6.04 Å². The van der Waals surface area contributed by atoms with Crippen molar-refractivity contribution >= 4 is 5.91 Å². The molecule has 0 unspecified atom stereocenters. The summed E-state index contributed by atoms with van der Waals surface area (Å²) in [5.41, 5.74) is 6.60. The summed E-state index contributed by atoms with van der Waals surface area (Å²) in [6.45, 7) is 5.64. The fourth-order valence-electron chi connectivity index (χ4n) is 1.45. The van der Waals surface area contributed by atoms with Gasteiger partial charge in [-0.2, -0.15) is 0 Å². The van der Waals surface area contributed by atoms with E-state index >= 15 is 0 Å². The molecule has 0 saturated carbocycles. The molecule has 0 fully saturated rings. The monoisotopic (exact) mass is 238 g/mol. The van der Waals surface area contributed by atoms with Crippen molar-refractivity contribution in [2.24, 2.45) is 11.7 Å². The number of rotatable bonds is 4. The first kappa shape index (κ1) is 13.6. The van der Waals surface area contributed by atoms with E-state index in [1.165, 1.54) is 12.1 Å². The molecule has 1 amide bonds. The van der Waals surface area contributed by atoms with Gasteiger partial charge in [0.05, 0.1) is 12.1 Å². The number of halogens is 1. The molecule has 3 N–H and O–H groups in total. The lowest BCUT2D eigenvalue weighted by Crippen LogP contribution is -2.44. The topological polar surface area (TPSA) is 55.1 Å². The van der Waals surface area contributed by atoms with Gasteiger partial charge in [0, 0.05) is 0 Å². The van der Waals surface area contributed by atoms with Crippen LogP contribution in [0.4, 0.5) is 4.39 Å². The van der Waals surface area contributed by atoms with E-state index in [0.29, 0.717) is 0 Å². The Balaban J connectivity index is 2.63. The first-order valence-corrected chi connectivity index (χ1v) is 5.73. The van der Waals surface area contributed by atoms with E-state index in [2.05, 4.69) is 5.32 Å². The molecule has 0 aliphatic heterocycles. The van der Waals surface area contributed by atoms with Crippen LogP contribution in [0.2, 0.25) is 0 Å². The van der Waals surface area contributed by atoms with E-state index in [0.717, 1.165) is 5.56 Å². The smallest absolute Gasteiger partial charge is 0.237 e. The van der Waals surface area contributed by atoms with Gasteiger partial charge in [0.1, 0.15) is 5.82 Å². The molecule has 0 spiro atoms. The molecule has 17 heavy (non-hydrogen) atoms. The van der Waals surface area contributed by atoms with Gasteiger partial charge in [0.2, 0.25) is 5.91 Å². The van der Waals surface area contributed by atoms with E-state index in [4.69, 9.17) is 5.73 Å². The minimum absolute atomic E-state index is 0.0930. The van der Waals surface area contributed by atoms with Gasteiger partial charge >= 0.3 is 0 Å². The molecule has 0 saturated heterocycles. The summed E-state index contributed by atoms with van der Waals surface area (Å²) in [5.74, 6) is -0.376. The summed E-state index contributed by atoms with van der Waals surface area (Å²) in [6.07, 6.45) is 0. The second kappa shape index (κ2) is 5.77. The Morgan fingerprint density at radius 1 is 1.24 bits per heavy atom. The maximum Gasteiger partial charge on any atom is 0.237 e. The predicted octanol–water partition coefficient (Wildman–Crippen LogP) is 1.99. The fraction of sp³-hybridized carbons (Fsp3) is 0.462. The van der Waals surface area contributed by atoms with Gasteiger partial charge in [-0.05, 0) is 30.5 Å². The third-order valence-corrected chi connectivity index (χ3v) is 2.75. The Bertz CT molecular complexity index is 376. The van der Waals surface area contributed by atoms with Gasteiger partial charge in [-0.25, -0.2) is 4.39 Å². The van der Waals surface area contributed by atoms with Crippen LogP contribution in [0.5, 0.6) is 0 Å². The van der Waals surface area contributed by atoms with Crippen LogP contribution in [0, 0.1) is 11.7 Å². The lowest BCUT2D eigenvalue weighted by molar-refractivity contribution is -0.123. The molecule has 0 aliphatic carbocycles. The normalized spacial score (nSPS) is 14.5. The number of carbonyl (C=O) groups is 1. The first-order chi connectivity index (χ1) is 7.91. The Hall–Kier alpha value is -1.42. The van der Waals surface area contributed by atoms with Crippen LogP contribution >= 0.6 is 0 Å². The van der Waals surface area contributed by atoms with Crippen molar-refractivity contribution in [2.75, 3.05) is 0 Å². The van der Waals surface area contributed by atoms with Gasteiger partial charge in [0.25, 0.3) is 0 Å². The Morgan fingerprint density at radius 2 is 1.76 bits per heavy atom. The molecule has 3 nitrogen and oxygen atoms in total. The van der Waals surface area contributed by atoms with Crippen LogP contribution in [-0.2, 0) is 4.79 Å². The molecule has 0 aliphatic rings. The molecular weight excluding hydrogens is 219 g/mol. The van der Waals surface area contributed by atoms with Crippen molar-refractivity contribution in [1.29, 1.82) is 0 Å². The number of carbonyl (C=O) groups excluding carboxylic acids is 1. The Morgan fingerprint density at radius 3 is 2.24 bits per heavy atom. The predicted molar refractivity (Wildman–Crippen MR) is 65.8 cm³/mol. The molecule has 0 heterocycles. The zero-order valence-electron chi connectivity index (χ0n) is 10.4. The SMILES string of the molecule is CC(C)[C@H](N)C(=O)N[C@H](C)c1ccc(F)cc1. The summed E-state index contributed by atoms with van der Waals surface area (Å²) in [7, 11) is 0. The summed E-state index contributed by atoms with van der Waals surface area (Å²) in [6, 6.07) is 5.37. The largest absolute Gasteiger partial charge is 0.348 e. The highest BCUT2D eigenvalue weighted by Crippen LogP contribution is 2.13.